The number of likely N-dealkylation sites (N-methyl/N-ethyl adjacent to an activating group) is 1. The zero-order valence-electron chi connectivity index (χ0n) is 13.2. The largest absolute Gasteiger partial charge is 0.349 e. The van der Waals surface area contributed by atoms with Crippen LogP contribution in [0.3, 0.4) is 0 Å². The Labute approximate surface area is 124 Å². The van der Waals surface area contributed by atoms with Gasteiger partial charge in [0.2, 0.25) is 5.91 Å². The molecule has 0 fully saturated rings. The zero-order valence-corrected chi connectivity index (χ0v) is 13.2. The Hall–Kier alpha value is -2.02. The van der Waals surface area contributed by atoms with Crippen LogP contribution in [0.2, 0.25) is 0 Å². The van der Waals surface area contributed by atoms with E-state index in [4.69, 9.17) is 0 Å². The lowest BCUT2D eigenvalue weighted by Gasteiger charge is -2.18. The summed E-state index contributed by atoms with van der Waals surface area (Å²) in [6.07, 6.45) is 2.86. The Morgan fingerprint density at radius 2 is 1.86 bits per heavy atom. The summed E-state index contributed by atoms with van der Waals surface area (Å²) in [6.45, 7) is 7.75. The SMILES string of the molecule is CNC(C)CNC(=O)c1nccnc1NC(=O)C(C)(C)C. The Balaban J connectivity index is 2.84. The molecular weight excluding hydrogens is 270 g/mol. The van der Waals surface area contributed by atoms with Gasteiger partial charge in [-0.15, -0.1) is 0 Å². The molecule has 21 heavy (non-hydrogen) atoms. The molecule has 0 radical (unpaired) electrons. The van der Waals surface area contributed by atoms with E-state index in [1.165, 1.54) is 12.4 Å². The van der Waals surface area contributed by atoms with Crippen molar-refractivity contribution in [1.82, 2.24) is 20.6 Å². The molecule has 0 saturated heterocycles. The van der Waals surface area contributed by atoms with Crippen LogP contribution in [0.1, 0.15) is 38.2 Å². The second-order valence-corrected chi connectivity index (χ2v) is 5.86. The molecule has 0 aliphatic heterocycles. The number of hydrogen-bond acceptors (Lipinski definition) is 5. The molecule has 0 aliphatic carbocycles. The van der Waals surface area contributed by atoms with Gasteiger partial charge in [0, 0.05) is 30.4 Å². The van der Waals surface area contributed by atoms with Gasteiger partial charge in [0.05, 0.1) is 0 Å². The molecule has 7 nitrogen and oxygen atoms in total. The van der Waals surface area contributed by atoms with Crippen LogP contribution in [0.25, 0.3) is 0 Å². The number of nitrogens with zero attached hydrogens (tertiary/aromatic N) is 2. The highest BCUT2D eigenvalue weighted by Gasteiger charge is 2.24. The van der Waals surface area contributed by atoms with E-state index in [-0.39, 0.29) is 29.4 Å². The summed E-state index contributed by atoms with van der Waals surface area (Å²) in [7, 11) is 1.81. The van der Waals surface area contributed by atoms with Crippen molar-refractivity contribution in [1.29, 1.82) is 0 Å². The number of anilines is 1. The van der Waals surface area contributed by atoms with Crippen molar-refractivity contribution < 1.29 is 9.59 Å². The highest BCUT2D eigenvalue weighted by Crippen LogP contribution is 2.17. The van der Waals surface area contributed by atoms with Gasteiger partial charge >= 0.3 is 0 Å². The molecule has 0 saturated carbocycles. The lowest BCUT2D eigenvalue weighted by Crippen LogP contribution is -2.38. The Morgan fingerprint density at radius 1 is 1.24 bits per heavy atom. The van der Waals surface area contributed by atoms with Gasteiger partial charge in [-0.3, -0.25) is 9.59 Å². The van der Waals surface area contributed by atoms with E-state index in [1.807, 2.05) is 14.0 Å². The minimum absolute atomic E-state index is 0.110. The molecule has 0 aliphatic rings. The van der Waals surface area contributed by atoms with E-state index in [1.54, 1.807) is 20.8 Å². The van der Waals surface area contributed by atoms with E-state index in [9.17, 15) is 9.59 Å². The predicted octanol–water partition coefficient (Wildman–Crippen LogP) is 0.799. The maximum atomic E-state index is 12.1. The van der Waals surface area contributed by atoms with Gasteiger partial charge in [0.15, 0.2) is 11.5 Å². The standard InChI is InChI=1S/C14H23N5O2/c1-9(15-5)8-18-12(20)10-11(17-7-6-16-10)19-13(21)14(2,3)4/h6-7,9,15H,8H2,1-5H3,(H,18,20)(H,17,19,21). The Kier molecular flexibility index (Phi) is 5.78. The van der Waals surface area contributed by atoms with E-state index >= 15 is 0 Å². The first-order chi connectivity index (χ1) is 9.75. The number of carbonyl (C=O) groups is 2. The van der Waals surface area contributed by atoms with Gasteiger partial charge in [0.1, 0.15) is 0 Å². The van der Waals surface area contributed by atoms with Gasteiger partial charge in [0.25, 0.3) is 5.91 Å². The summed E-state index contributed by atoms with van der Waals surface area (Å²) in [4.78, 5) is 32.2. The second-order valence-electron chi connectivity index (χ2n) is 5.86. The van der Waals surface area contributed by atoms with Crippen molar-refractivity contribution in [2.75, 3.05) is 18.9 Å². The maximum Gasteiger partial charge on any atom is 0.273 e. The van der Waals surface area contributed by atoms with Gasteiger partial charge in [-0.1, -0.05) is 20.8 Å². The monoisotopic (exact) mass is 293 g/mol. The number of amides is 2. The van der Waals surface area contributed by atoms with Crippen LogP contribution in [0.15, 0.2) is 12.4 Å². The normalized spacial score (nSPS) is 12.6. The molecule has 1 heterocycles. The van der Waals surface area contributed by atoms with E-state index < -0.39 is 5.41 Å². The van der Waals surface area contributed by atoms with E-state index in [0.717, 1.165) is 0 Å². The van der Waals surface area contributed by atoms with Gasteiger partial charge in [-0.2, -0.15) is 0 Å². The first kappa shape index (κ1) is 17.0. The van der Waals surface area contributed by atoms with Crippen molar-refractivity contribution >= 4 is 17.6 Å². The highest BCUT2D eigenvalue weighted by atomic mass is 16.2. The quantitative estimate of drug-likeness (QED) is 0.746. The topological polar surface area (TPSA) is 96.0 Å². The minimum atomic E-state index is -0.577. The van der Waals surface area contributed by atoms with Crippen LogP contribution in [0.5, 0.6) is 0 Å². The fraction of sp³-hybridized carbons (Fsp3) is 0.571. The molecular formula is C14H23N5O2. The third-order valence-corrected chi connectivity index (χ3v) is 2.89. The lowest BCUT2D eigenvalue weighted by molar-refractivity contribution is -0.123. The molecule has 1 rings (SSSR count). The summed E-state index contributed by atoms with van der Waals surface area (Å²) in [5, 5.41) is 8.41. The minimum Gasteiger partial charge on any atom is -0.349 e. The fourth-order valence-corrected chi connectivity index (χ4v) is 1.32. The zero-order chi connectivity index (χ0) is 16.0. The Morgan fingerprint density at radius 3 is 2.43 bits per heavy atom. The summed E-state index contributed by atoms with van der Waals surface area (Å²) in [5.74, 6) is -0.415. The number of aromatic nitrogens is 2. The number of nitrogens with one attached hydrogen (secondary N) is 3. The van der Waals surface area contributed by atoms with E-state index in [0.29, 0.717) is 6.54 Å². The van der Waals surface area contributed by atoms with Gasteiger partial charge < -0.3 is 16.0 Å². The lowest BCUT2D eigenvalue weighted by atomic mass is 9.96. The van der Waals surface area contributed by atoms with Crippen molar-refractivity contribution in [2.24, 2.45) is 5.41 Å². The fourth-order valence-electron chi connectivity index (χ4n) is 1.32. The number of carbonyl (C=O) groups excluding carboxylic acids is 2. The van der Waals surface area contributed by atoms with Gasteiger partial charge in [-0.05, 0) is 14.0 Å². The van der Waals surface area contributed by atoms with Crippen LogP contribution < -0.4 is 16.0 Å². The van der Waals surface area contributed by atoms with Crippen molar-refractivity contribution in [3.63, 3.8) is 0 Å². The molecule has 1 unspecified atom stereocenters. The molecule has 1 aromatic heterocycles. The first-order valence-electron chi connectivity index (χ1n) is 6.83. The maximum absolute atomic E-state index is 12.1. The molecule has 0 spiro atoms. The molecule has 0 bridgehead atoms. The first-order valence-corrected chi connectivity index (χ1v) is 6.83. The smallest absolute Gasteiger partial charge is 0.273 e. The third-order valence-electron chi connectivity index (χ3n) is 2.89. The van der Waals surface area contributed by atoms with Crippen molar-refractivity contribution in [2.45, 2.75) is 33.7 Å². The summed E-state index contributed by atoms with van der Waals surface area (Å²) in [5.41, 5.74) is -0.468. The van der Waals surface area contributed by atoms with Crippen LogP contribution in [0, 0.1) is 5.41 Å². The third kappa shape index (κ3) is 5.11. The van der Waals surface area contributed by atoms with Crippen molar-refractivity contribution in [3.05, 3.63) is 18.1 Å². The number of hydrogen-bond donors (Lipinski definition) is 3. The molecule has 7 heteroatoms. The van der Waals surface area contributed by atoms with Crippen LogP contribution in [-0.4, -0.2) is 41.4 Å². The van der Waals surface area contributed by atoms with Crippen LogP contribution >= 0.6 is 0 Å². The van der Waals surface area contributed by atoms with Crippen molar-refractivity contribution in [3.8, 4) is 0 Å². The molecule has 116 valence electrons. The van der Waals surface area contributed by atoms with Crippen LogP contribution in [0.4, 0.5) is 5.82 Å². The average Bonchev–Trinajstić information content (AvgIpc) is 2.43. The summed E-state index contributed by atoms with van der Waals surface area (Å²) < 4.78 is 0. The van der Waals surface area contributed by atoms with E-state index in [2.05, 4.69) is 25.9 Å². The molecule has 2 amide bonds. The summed E-state index contributed by atoms with van der Waals surface area (Å²) in [6, 6.07) is 0.137. The molecule has 3 N–H and O–H groups in total. The summed E-state index contributed by atoms with van der Waals surface area (Å²) >= 11 is 0. The average molecular weight is 293 g/mol. The Bertz CT molecular complexity index is 510. The molecule has 1 atom stereocenters. The highest BCUT2D eigenvalue weighted by molar-refractivity contribution is 6.02. The number of rotatable bonds is 5. The molecule has 0 aromatic carbocycles. The van der Waals surface area contributed by atoms with Crippen LogP contribution in [-0.2, 0) is 4.79 Å². The molecule has 1 aromatic rings. The second kappa shape index (κ2) is 7.12. The predicted molar refractivity (Wildman–Crippen MR) is 81.0 cm³/mol. The van der Waals surface area contributed by atoms with Gasteiger partial charge in [-0.25, -0.2) is 9.97 Å².